The second kappa shape index (κ2) is 10.7. The van der Waals surface area contributed by atoms with E-state index in [1.807, 2.05) is 0 Å². The van der Waals surface area contributed by atoms with E-state index in [9.17, 15) is 19.2 Å². The van der Waals surface area contributed by atoms with Gasteiger partial charge < -0.3 is 9.47 Å². The van der Waals surface area contributed by atoms with Crippen LogP contribution >= 0.6 is 0 Å². The quantitative estimate of drug-likeness (QED) is 0.437. The average molecular weight is 397 g/mol. The van der Waals surface area contributed by atoms with E-state index in [4.69, 9.17) is 9.47 Å². The number of carbonyl (C=O) groups is 4. The van der Waals surface area contributed by atoms with Gasteiger partial charge in [-0.25, -0.2) is 0 Å². The molecule has 6 nitrogen and oxygen atoms in total. The number of hydrogen-bond donors (Lipinski definition) is 0. The number of esters is 2. The van der Waals surface area contributed by atoms with E-state index >= 15 is 0 Å². The minimum atomic E-state index is -1.16. The molecule has 160 valence electrons. The molecule has 0 amide bonds. The summed E-state index contributed by atoms with van der Waals surface area (Å²) in [5, 5.41) is 0. The van der Waals surface area contributed by atoms with Gasteiger partial charge in [-0.1, -0.05) is 34.1 Å². The lowest BCUT2D eigenvalue weighted by molar-refractivity contribution is -0.167. The Morgan fingerprint density at radius 3 is 1.93 bits per heavy atom. The van der Waals surface area contributed by atoms with Crippen LogP contribution in [-0.4, -0.2) is 36.2 Å². The van der Waals surface area contributed by atoms with Gasteiger partial charge >= 0.3 is 11.9 Å². The third kappa shape index (κ3) is 6.14. The zero-order valence-electron chi connectivity index (χ0n) is 18.3. The van der Waals surface area contributed by atoms with Crippen molar-refractivity contribution in [3.63, 3.8) is 0 Å². The zero-order chi connectivity index (χ0) is 21.6. The summed E-state index contributed by atoms with van der Waals surface area (Å²) in [6.45, 7) is 12.3. The summed E-state index contributed by atoms with van der Waals surface area (Å²) in [5.41, 5.74) is 0. The monoisotopic (exact) mass is 396 g/mol. The molecule has 0 bridgehead atoms. The van der Waals surface area contributed by atoms with E-state index in [1.54, 1.807) is 13.8 Å². The van der Waals surface area contributed by atoms with Crippen LogP contribution in [0.25, 0.3) is 0 Å². The van der Waals surface area contributed by atoms with Gasteiger partial charge in [0, 0.05) is 0 Å². The molecule has 1 rings (SSSR count). The third-order valence-electron chi connectivity index (χ3n) is 5.95. The Balaban J connectivity index is 3.05. The molecule has 0 saturated heterocycles. The smallest absolute Gasteiger partial charge is 0.317 e. The van der Waals surface area contributed by atoms with Crippen molar-refractivity contribution in [1.29, 1.82) is 0 Å². The lowest BCUT2D eigenvalue weighted by atomic mass is 9.75. The van der Waals surface area contributed by atoms with Crippen LogP contribution < -0.4 is 0 Å². The summed E-state index contributed by atoms with van der Waals surface area (Å²) in [7, 11) is 0. The highest BCUT2D eigenvalue weighted by molar-refractivity contribution is 6.02. The highest BCUT2D eigenvalue weighted by Crippen LogP contribution is 2.36. The van der Waals surface area contributed by atoms with Crippen LogP contribution in [0.1, 0.15) is 67.7 Å². The van der Waals surface area contributed by atoms with Crippen molar-refractivity contribution in [2.75, 3.05) is 6.61 Å². The predicted octanol–water partition coefficient (Wildman–Crippen LogP) is 3.60. The molecule has 0 aromatic heterocycles. The number of hydrogen-bond acceptors (Lipinski definition) is 6. The third-order valence-corrected chi connectivity index (χ3v) is 5.95. The van der Waals surface area contributed by atoms with Crippen molar-refractivity contribution in [3.8, 4) is 0 Å². The summed E-state index contributed by atoms with van der Waals surface area (Å²) >= 11 is 0. The molecule has 1 aliphatic carbocycles. The Hall–Kier alpha value is -1.72. The molecular formula is C22H36O6. The second-order valence-electron chi connectivity index (χ2n) is 8.59. The van der Waals surface area contributed by atoms with Crippen molar-refractivity contribution >= 4 is 23.5 Å². The van der Waals surface area contributed by atoms with E-state index < -0.39 is 41.3 Å². The van der Waals surface area contributed by atoms with E-state index in [0.29, 0.717) is 11.8 Å². The summed E-state index contributed by atoms with van der Waals surface area (Å²) in [4.78, 5) is 49.6. The SMILES string of the molecule is CCOC(=O)[C@@H](C(C)=O)[C@@H](C)[C@@H](C(C)=O)C(=O)O[C@@H]1C[C@H](C)CC[C@@H]1C(C)C. The lowest BCUT2D eigenvalue weighted by Crippen LogP contribution is -2.43. The summed E-state index contributed by atoms with van der Waals surface area (Å²) < 4.78 is 10.8. The first-order valence-corrected chi connectivity index (χ1v) is 10.4. The molecule has 0 aromatic carbocycles. The van der Waals surface area contributed by atoms with Crippen LogP contribution in [0.4, 0.5) is 0 Å². The molecule has 6 atom stereocenters. The van der Waals surface area contributed by atoms with E-state index in [1.165, 1.54) is 13.8 Å². The highest BCUT2D eigenvalue weighted by Gasteiger charge is 2.43. The fraction of sp³-hybridized carbons (Fsp3) is 0.818. The molecular weight excluding hydrogens is 360 g/mol. The van der Waals surface area contributed by atoms with E-state index in [-0.39, 0.29) is 18.6 Å². The van der Waals surface area contributed by atoms with Gasteiger partial charge in [-0.15, -0.1) is 0 Å². The molecule has 0 aromatic rings. The average Bonchev–Trinajstić information content (AvgIpc) is 2.54. The Labute approximate surface area is 168 Å². The number of rotatable bonds is 9. The van der Waals surface area contributed by atoms with Gasteiger partial charge in [0.05, 0.1) is 6.61 Å². The van der Waals surface area contributed by atoms with Gasteiger partial charge in [0.1, 0.15) is 29.5 Å². The Morgan fingerprint density at radius 2 is 1.46 bits per heavy atom. The first-order chi connectivity index (χ1) is 13.0. The predicted molar refractivity (Wildman–Crippen MR) is 105 cm³/mol. The maximum Gasteiger partial charge on any atom is 0.317 e. The minimum Gasteiger partial charge on any atom is -0.465 e. The van der Waals surface area contributed by atoms with Crippen LogP contribution in [0.5, 0.6) is 0 Å². The van der Waals surface area contributed by atoms with Gasteiger partial charge in [0.25, 0.3) is 0 Å². The van der Waals surface area contributed by atoms with Crippen LogP contribution in [0, 0.1) is 35.5 Å². The Kier molecular flexibility index (Phi) is 9.31. The first kappa shape index (κ1) is 24.3. The van der Waals surface area contributed by atoms with E-state index in [2.05, 4.69) is 20.8 Å². The molecule has 0 aliphatic heterocycles. The number of carbonyl (C=O) groups excluding carboxylic acids is 4. The second-order valence-corrected chi connectivity index (χ2v) is 8.59. The van der Waals surface area contributed by atoms with Crippen molar-refractivity contribution < 1.29 is 28.7 Å². The number of Topliss-reactive ketones (excluding diaryl/α,β-unsaturated/α-hetero) is 2. The molecule has 0 spiro atoms. The molecule has 1 saturated carbocycles. The maximum absolute atomic E-state index is 13.0. The summed E-state index contributed by atoms with van der Waals surface area (Å²) in [5.74, 6) is -4.25. The van der Waals surface area contributed by atoms with Gasteiger partial charge in [-0.3, -0.25) is 19.2 Å². The lowest BCUT2D eigenvalue weighted by Gasteiger charge is -2.37. The fourth-order valence-electron chi connectivity index (χ4n) is 4.40. The normalized spacial score (nSPS) is 25.5. The van der Waals surface area contributed by atoms with Crippen LogP contribution in [0.3, 0.4) is 0 Å². The molecule has 1 aliphatic rings. The summed E-state index contributed by atoms with van der Waals surface area (Å²) in [6.07, 6.45) is 2.60. The largest absolute Gasteiger partial charge is 0.465 e. The molecule has 0 heterocycles. The van der Waals surface area contributed by atoms with Crippen molar-refractivity contribution in [1.82, 2.24) is 0 Å². The van der Waals surface area contributed by atoms with Gasteiger partial charge in [-0.05, 0) is 57.3 Å². The molecule has 1 fully saturated rings. The van der Waals surface area contributed by atoms with Gasteiger partial charge in [-0.2, -0.15) is 0 Å². The van der Waals surface area contributed by atoms with Gasteiger partial charge in [0.2, 0.25) is 0 Å². The number of ether oxygens (including phenoxy) is 2. The van der Waals surface area contributed by atoms with Crippen LogP contribution in [0.15, 0.2) is 0 Å². The van der Waals surface area contributed by atoms with Crippen molar-refractivity contribution in [3.05, 3.63) is 0 Å². The summed E-state index contributed by atoms with van der Waals surface area (Å²) in [6, 6.07) is 0. The molecule has 0 unspecified atom stereocenters. The maximum atomic E-state index is 13.0. The van der Waals surface area contributed by atoms with Crippen molar-refractivity contribution in [2.45, 2.75) is 73.8 Å². The Morgan fingerprint density at radius 1 is 0.929 bits per heavy atom. The van der Waals surface area contributed by atoms with E-state index in [0.717, 1.165) is 19.3 Å². The fourth-order valence-corrected chi connectivity index (χ4v) is 4.40. The van der Waals surface area contributed by atoms with Crippen molar-refractivity contribution in [2.24, 2.45) is 35.5 Å². The molecule has 28 heavy (non-hydrogen) atoms. The highest BCUT2D eigenvalue weighted by atomic mass is 16.5. The number of ketones is 2. The standard InChI is InChI=1S/C22H36O6/c1-8-27-21(25)19(15(6)23)14(5)20(16(7)24)22(26)28-18-11-13(4)9-10-17(18)12(2)3/h12-14,17-20H,8-11H2,1-7H3/t13-,14-,17-,18-,19-,20+/m1/s1. The minimum absolute atomic E-state index is 0.126. The topological polar surface area (TPSA) is 86.7 Å². The molecule has 0 N–H and O–H groups in total. The molecule has 6 heteroatoms. The van der Waals surface area contributed by atoms with Crippen LogP contribution in [0.2, 0.25) is 0 Å². The first-order valence-electron chi connectivity index (χ1n) is 10.4. The zero-order valence-corrected chi connectivity index (χ0v) is 18.3. The molecule has 0 radical (unpaired) electrons. The van der Waals surface area contributed by atoms with Crippen LogP contribution in [-0.2, 0) is 28.7 Å². The Bertz CT molecular complexity index is 582. The van der Waals surface area contributed by atoms with Gasteiger partial charge in [0.15, 0.2) is 0 Å².